The van der Waals surface area contributed by atoms with Gasteiger partial charge in [0.05, 0.1) is 5.69 Å². The summed E-state index contributed by atoms with van der Waals surface area (Å²) in [5.41, 5.74) is 8.31. The first-order valence-corrected chi connectivity index (χ1v) is 9.09. The van der Waals surface area contributed by atoms with E-state index in [1.165, 1.54) is 16.9 Å². The van der Waals surface area contributed by atoms with Gasteiger partial charge in [0.15, 0.2) is 5.13 Å². The van der Waals surface area contributed by atoms with Crippen LogP contribution in [-0.2, 0) is 5.41 Å². The predicted octanol–water partition coefficient (Wildman–Crippen LogP) is 3.71. The summed E-state index contributed by atoms with van der Waals surface area (Å²) in [6.45, 7) is 1.92. The number of nitrogens with zero attached hydrogens (tertiary/aromatic N) is 3. The van der Waals surface area contributed by atoms with Crippen molar-refractivity contribution in [1.82, 2.24) is 9.97 Å². The molecule has 1 saturated heterocycles. The van der Waals surface area contributed by atoms with E-state index in [0.717, 1.165) is 37.4 Å². The fourth-order valence-corrected chi connectivity index (χ4v) is 4.28. The van der Waals surface area contributed by atoms with E-state index in [0.29, 0.717) is 5.13 Å². The van der Waals surface area contributed by atoms with E-state index in [2.05, 4.69) is 56.6 Å². The molecule has 1 fully saturated rings. The molecule has 0 unspecified atom stereocenters. The van der Waals surface area contributed by atoms with E-state index in [9.17, 15) is 0 Å². The Balaban J connectivity index is 1.67. The van der Waals surface area contributed by atoms with E-state index < -0.39 is 0 Å². The molecule has 1 aromatic carbocycles. The molecule has 0 amide bonds. The fourth-order valence-electron chi connectivity index (χ4n) is 3.62. The zero-order valence-corrected chi connectivity index (χ0v) is 14.2. The van der Waals surface area contributed by atoms with Crippen LogP contribution in [0.15, 0.2) is 60.1 Å². The number of benzene rings is 1. The second-order valence-corrected chi connectivity index (χ2v) is 7.08. The van der Waals surface area contributed by atoms with Gasteiger partial charge in [-0.25, -0.2) is 9.97 Å². The van der Waals surface area contributed by atoms with Crippen molar-refractivity contribution < 1.29 is 0 Å². The summed E-state index contributed by atoms with van der Waals surface area (Å²) >= 11 is 1.53. The Hall–Kier alpha value is -2.40. The van der Waals surface area contributed by atoms with Crippen LogP contribution in [-0.4, -0.2) is 23.1 Å². The second kappa shape index (κ2) is 6.24. The smallest absolute Gasteiger partial charge is 0.180 e. The van der Waals surface area contributed by atoms with Gasteiger partial charge < -0.3 is 10.6 Å². The quantitative estimate of drug-likeness (QED) is 0.792. The largest absolute Gasteiger partial charge is 0.375 e. The van der Waals surface area contributed by atoms with Gasteiger partial charge in [-0.2, -0.15) is 0 Å². The number of hydrogen-bond donors (Lipinski definition) is 1. The molecular formula is C19H20N4S. The average molecular weight is 336 g/mol. The van der Waals surface area contributed by atoms with Crippen molar-refractivity contribution >= 4 is 22.3 Å². The number of thiazole rings is 1. The number of rotatable bonds is 3. The van der Waals surface area contributed by atoms with Gasteiger partial charge in [0.1, 0.15) is 5.82 Å². The highest BCUT2D eigenvalue weighted by molar-refractivity contribution is 7.13. The van der Waals surface area contributed by atoms with Gasteiger partial charge >= 0.3 is 0 Å². The number of nitrogen functional groups attached to an aromatic ring is 1. The van der Waals surface area contributed by atoms with Gasteiger partial charge in [-0.05, 0) is 30.5 Å². The molecule has 2 aromatic heterocycles. The molecule has 0 bridgehead atoms. The molecule has 0 spiro atoms. The van der Waals surface area contributed by atoms with E-state index >= 15 is 0 Å². The van der Waals surface area contributed by atoms with Crippen LogP contribution in [0.1, 0.15) is 24.1 Å². The minimum absolute atomic E-state index is 0.0549. The monoisotopic (exact) mass is 336 g/mol. The van der Waals surface area contributed by atoms with E-state index in [1.807, 2.05) is 18.3 Å². The normalized spacial score (nSPS) is 16.9. The molecule has 0 saturated carbocycles. The maximum atomic E-state index is 5.93. The lowest BCUT2D eigenvalue weighted by Gasteiger charge is -2.42. The summed E-state index contributed by atoms with van der Waals surface area (Å²) in [4.78, 5) is 11.5. The van der Waals surface area contributed by atoms with Crippen LogP contribution in [0.5, 0.6) is 0 Å². The van der Waals surface area contributed by atoms with Crippen molar-refractivity contribution in [3.8, 4) is 0 Å². The first-order chi connectivity index (χ1) is 11.8. The van der Waals surface area contributed by atoms with Crippen molar-refractivity contribution in [2.24, 2.45) is 0 Å². The van der Waals surface area contributed by atoms with Gasteiger partial charge in [0.25, 0.3) is 0 Å². The van der Waals surface area contributed by atoms with E-state index in [1.54, 1.807) is 0 Å². The van der Waals surface area contributed by atoms with Gasteiger partial charge in [-0.3, -0.25) is 0 Å². The molecule has 1 aliphatic heterocycles. The molecule has 5 heteroatoms. The Labute approximate surface area is 146 Å². The maximum absolute atomic E-state index is 5.93. The highest BCUT2D eigenvalue weighted by Gasteiger charge is 2.39. The number of pyridine rings is 1. The lowest BCUT2D eigenvalue weighted by molar-refractivity contribution is 0.384. The Morgan fingerprint density at radius 1 is 1.00 bits per heavy atom. The van der Waals surface area contributed by atoms with Crippen molar-refractivity contribution in [1.29, 1.82) is 0 Å². The molecule has 0 atom stereocenters. The average Bonchev–Trinajstić information content (AvgIpc) is 3.10. The molecule has 122 valence electrons. The van der Waals surface area contributed by atoms with Crippen LogP contribution in [0.4, 0.5) is 10.9 Å². The molecule has 4 nitrogen and oxygen atoms in total. The lowest BCUT2D eigenvalue weighted by atomic mass is 9.70. The first kappa shape index (κ1) is 15.1. The van der Waals surface area contributed by atoms with Crippen molar-refractivity contribution in [3.05, 3.63) is 71.4 Å². The van der Waals surface area contributed by atoms with Gasteiger partial charge in [-0.1, -0.05) is 36.4 Å². The molecule has 1 aliphatic rings. The molecule has 2 N–H and O–H groups in total. The zero-order valence-electron chi connectivity index (χ0n) is 13.4. The topological polar surface area (TPSA) is 55.0 Å². The molecule has 3 aromatic rings. The van der Waals surface area contributed by atoms with Crippen LogP contribution in [0, 0.1) is 0 Å². The second-order valence-electron chi connectivity index (χ2n) is 6.19. The molecule has 3 heterocycles. The van der Waals surface area contributed by atoms with Crippen LogP contribution in [0.25, 0.3) is 0 Å². The number of hydrogen-bond acceptors (Lipinski definition) is 5. The van der Waals surface area contributed by atoms with E-state index in [4.69, 9.17) is 5.73 Å². The fraction of sp³-hybridized carbons (Fsp3) is 0.263. The summed E-state index contributed by atoms with van der Waals surface area (Å²) in [6, 6.07) is 16.8. The Bertz CT molecular complexity index is 793. The Morgan fingerprint density at radius 2 is 1.75 bits per heavy atom. The third-order valence-corrected chi connectivity index (χ3v) is 5.60. The highest BCUT2D eigenvalue weighted by atomic mass is 32.1. The number of piperidine rings is 1. The Kier molecular flexibility index (Phi) is 3.94. The number of anilines is 2. The first-order valence-electron chi connectivity index (χ1n) is 8.21. The molecule has 0 radical (unpaired) electrons. The summed E-state index contributed by atoms with van der Waals surface area (Å²) < 4.78 is 0. The summed E-state index contributed by atoms with van der Waals surface area (Å²) in [6.07, 6.45) is 3.88. The highest BCUT2D eigenvalue weighted by Crippen LogP contribution is 2.42. The summed E-state index contributed by atoms with van der Waals surface area (Å²) in [5.74, 6) is 1.05. The van der Waals surface area contributed by atoms with Crippen LogP contribution < -0.4 is 10.6 Å². The minimum Gasteiger partial charge on any atom is -0.375 e. The van der Waals surface area contributed by atoms with Crippen molar-refractivity contribution in [2.45, 2.75) is 18.3 Å². The lowest BCUT2D eigenvalue weighted by Crippen LogP contribution is -2.44. The van der Waals surface area contributed by atoms with Gasteiger partial charge in [-0.15, -0.1) is 11.3 Å². The van der Waals surface area contributed by atoms with Gasteiger partial charge in [0.2, 0.25) is 0 Å². The third kappa shape index (κ3) is 2.65. The minimum atomic E-state index is -0.0549. The van der Waals surface area contributed by atoms with Crippen LogP contribution >= 0.6 is 11.3 Å². The summed E-state index contributed by atoms with van der Waals surface area (Å²) in [7, 11) is 0. The zero-order chi connectivity index (χ0) is 16.4. The SMILES string of the molecule is Nc1nc(C2(c3ccccc3)CCN(c3ccccn3)CC2)cs1. The standard InChI is InChI=1S/C19H20N4S/c20-18-22-16(14-24-18)19(15-6-2-1-3-7-15)9-12-23(13-10-19)17-8-4-5-11-21-17/h1-8,11,14H,9-10,12-13H2,(H2,20,22). The molecular weight excluding hydrogens is 316 g/mol. The van der Waals surface area contributed by atoms with Crippen molar-refractivity contribution in [2.75, 3.05) is 23.7 Å². The predicted molar refractivity (Wildman–Crippen MR) is 99.4 cm³/mol. The summed E-state index contributed by atoms with van der Waals surface area (Å²) in [5, 5.41) is 2.77. The number of nitrogens with two attached hydrogens (primary N) is 1. The molecule has 0 aliphatic carbocycles. The van der Waals surface area contributed by atoms with Crippen LogP contribution in [0.3, 0.4) is 0 Å². The van der Waals surface area contributed by atoms with Gasteiger partial charge in [0, 0.05) is 30.1 Å². The van der Waals surface area contributed by atoms with Crippen LogP contribution in [0.2, 0.25) is 0 Å². The van der Waals surface area contributed by atoms with E-state index in [-0.39, 0.29) is 5.41 Å². The third-order valence-electron chi connectivity index (χ3n) is 4.93. The maximum Gasteiger partial charge on any atom is 0.180 e. The Morgan fingerprint density at radius 3 is 2.38 bits per heavy atom. The molecule has 24 heavy (non-hydrogen) atoms. The van der Waals surface area contributed by atoms with Crippen molar-refractivity contribution in [3.63, 3.8) is 0 Å². The number of aromatic nitrogens is 2. The molecule has 4 rings (SSSR count).